The zero-order chi connectivity index (χ0) is 11.7. The topological polar surface area (TPSA) is 47.6 Å². The molecule has 1 N–H and O–H groups in total. The highest BCUT2D eigenvalue weighted by Gasteiger charge is 2.25. The predicted octanol–water partition coefficient (Wildman–Crippen LogP) is 2.52. The average Bonchev–Trinajstić information content (AvgIpc) is 2.66. The lowest BCUT2D eigenvalue weighted by Crippen LogP contribution is -2.04. The van der Waals surface area contributed by atoms with Crippen molar-refractivity contribution in [3.05, 3.63) is 17.7 Å². The largest absolute Gasteiger partial charge is 0.495 e. The summed E-state index contributed by atoms with van der Waals surface area (Å²) < 4.78 is 9.86. The molecule has 0 bridgehead atoms. The minimum atomic E-state index is -0.389. The van der Waals surface area contributed by atoms with Crippen LogP contribution in [-0.4, -0.2) is 25.0 Å². The van der Waals surface area contributed by atoms with Gasteiger partial charge >= 0.3 is 5.97 Å². The van der Waals surface area contributed by atoms with E-state index in [2.05, 4.69) is 10.1 Å². The lowest BCUT2D eigenvalue weighted by Gasteiger charge is -2.09. The Hall–Kier alpha value is -1.07. The molecular weight excluding hydrogens is 250 g/mol. The van der Waals surface area contributed by atoms with Crippen molar-refractivity contribution in [1.29, 1.82) is 0 Å². The van der Waals surface area contributed by atoms with Crippen LogP contribution in [0.15, 0.2) is 17.0 Å². The fourth-order valence-corrected chi connectivity index (χ4v) is 2.75. The first-order valence-corrected chi connectivity index (χ1v) is 5.85. The molecule has 1 atom stereocenters. The number of thioether (sulfide) groups is 1. The van der Waals surface area contributed by atoms with Gasteiger partial charge in [-0.25, -0.2) is 4.79 Å². The first-order valence-electron chi connectivity index (χ1n) is 4.53. The number of ether oxygens (including phenoxy) is 2. The highest BCUT2D eigenvalue weighted by Crippen LogP contribution is 2.45. The standard InChI is InChI=1S/C10H10ClNO3S/c1-14-6-3-5(9(13)15-2)4-7-8(6)12-10(11)16-7/h3-4,10,12H,1-2H3. The predicted molar refractivity (Wildman–Crippen MR) is 63.5 cm³/mol. The molecule has 0 spiro atoms. The summed E-state index contributed by atoms with van der Waals surface area (Å²) in [6, 6.07) is 3.37. The second-order valence-corrected chi connectivity index (χ2v) is 4.96. The normalized spacial score (nSPS) is 17.6. The Balaban J connectivity index is 2.47. The van der Waals surface area contributed by atoms with Crippen molar-refractivity contribution in [1.82, 2.24) is 0 Å². The summed E-state index contributed by atoms with van der Waals surface area (Å²) in [5.41, 5.74) is 1.28. The van der Waals surface area contributed by atoms with Gasteiger partial charge in [0.2, 0.25) is 0 Å². The summed E-state index contributed by atoms with van der Waals surface area (Å²) in [7, 11) is 2.89. The molecule has 0 saturated carbocycles. The Morgan fingerprint density at radius 1 is 1.50 bits per heavy atom. The maximum Gasteiger partial charge on any atom is 0.338 e. The molecule has 1 aromatic rings. The number of rotatable bonds is 2. The third-order valence-electron chi connectivity index (χ3n) is 2.20. The molecule has 2 rings (SSSR count). The van der Waals surface area contributed by atoms with Gasteiger partial charge in [-0.05, 0) is 12.1 Å². The minimum absolute atomic E-state index is 0.239. The van der Waals surface area contributed by atoms with Crippen LogP contribution in [0.5, 0.6) is 5.75 Å². The molecule has 0 aromatic heterocycles. The molecule has 1 aromatic carbocycles. The van der Waals surface area contributed by atoms with Gasteiger partial charge in [-0.15, -0.1) is 0 Å². The van der Waals surface area contributed by atoms with Crippen LogP contribution in [0.1, 0.15) is 10.4 Å². The number of alkyl halides is 1. The molecule has 1 aliphatic rings. The van der Waals surface area contributed by atoms with Gasteiger partial charge in [0.15, 0.2) is 4.83 Å². The zero-order valence-electron chi connectivity index (χ0n) is 8.74. The van der Waals surface area contributed by atoms with E-state index in [4.69, 9.17) is 16.3 Å². The van der Waals surface area contributed by atoms with E-state index < -0.39 is 0 Å². The summed E-state index contributed by atoms with van der Waals surface area (Å²) in [5.74, 6) is 0.202. The summed E-state index contributed by atoms with van der Waals surface area (Å²) >= 11 is 7.38. The van der Waals surface area contributed by atoms with Gasteiger partial charge < -0.3 is 14.8 Å². The van der Waals surface area contributed by atoms with Crippen molar-refractivity contribution in [2.24, 2.45) is 0 Å². The van der Waals surface area contributed by atoms with Gasteiger partial charge in [-0.1, -0.05) is 23.4 Å². The number of halogens is 1. The van der Waals surface area contributed by atoms with E-state index in [9.17, 15) is 4.79 Å². The Labute approximate surface area is 102 Å². The van der Waals surface area contributed by atoms with Crippen LogP contribution in [0.3, 0.4) is 0 Å². The average molecular weight is 260 g/mol. The molecule has 86 valence electrons. The van der Waals surface area contributed by atoms with Gasteiger partial charge in [-0.3, -0.25) is 0 Å². The van der Waals surface area contributed by atoms with E-state index in [1.54, 1.807) is 19.2 Å². The molecule has 16 heavy (non-hydrogen) atoms. The van der Waals surface area contributed by atoms with Crippen molar-refractivity contribution in [3.8, 4) is 5.75 Å². The fraction of sp³-hybridized carbons (Fsp3) is 0.300. The number of carbonyl (C=O) groups is 1. The van der Waals surface area contributed by atoms with Gasteiger partial charge in [0.05, 0.1) is 25.5 Å². The lowest BCUT2D eigenvalue weighted by molar-refractivity contribution is 0.0600. The Bertz CT molecular complexity index is 438. The van der Waals surface area contributed by atoms with Crippen LogP contribution in [0.4, 0.5) is 5.69 Å². The first kappa shape index (κ1) is 11.4. The van der Waals surface area contributed by atoms with Crippen LogP contribution in [0.2, 0.25) is 0 Å². The summed E-state index contributed by atoms with van der Waals surface area (Å²) in [6.07, 6.45) is 0. The van der Waals surface area contributed by atoms with Crippen LogP contribution in [0, 0.1) is 0 Å². The molecule has 1 heterocycles. The number of esters is 1. The van der Waals surface area contributed by atoms with E-state index in [0.29, 0.717) is 11.3 Å². The SMILES string of the molecule is COC(=O)c1cc(OC)c2c(c1)SC(Cl)N2. The highest BCUT2D eigenvalue weighted by atomic mass is 35.5. The third kappa shape index (κ3) is 1.92. The van der Waals surface area contributed by atoms with Crippen LogP contribution < -0.4 is 10.1 Å². The van der Waals surface area contributed by atoms with E-state index in [0.717, 1.165) is 10.6 Å². The maximum atomic E-state index is 11.4. The minimum Gasteiger partial charge on any atom is -0.495 e. The molecule has 0 radical (unpaired) electrons. The molecule has 0 amide bonds. The summed E-state index contributed by atoms with van der Waals surface area (Å²) in [5, 5.41) is 3.05. The van der Waals surface area contributed by atoms with Crippen molar-refractivity contribution >= 4 is 35.0 Å². The Morgan fingerprint density at radius 3 is 2.88 bits per heavy atom. The third-order valence-corrected chi connectivity index (χ3v) is 3.47. The molecule has 4 nitrogen and oxygen atoms in total. The molecule has 1 aliphatic heterocycles. The maximum absolute atomic E-state index is 11.4. The fourth-order valence-electron chi connectivity index (χ4n) is 1.48. The number of benzene rings is 1. The monoisotopic (exact) mass is 259 g/mol. The van der Waals surface area contributed by atoms with E-state index in [1.807, 2.05) is 0 Å². The quantitative estimate of drug-likeness (QED) is 0.502. The van der Waals surface area contributed by atoms with E-state index >= 15 is 0 Å². The summed E-state index contributed by atoms with van der Waals surface area (Å²) in [6.45, 7) is 0. The molecule has 0 fully saturated rings. The van der Waals surface area contributed by atoms with Gasteiger partial charge in [-0.2, -0.15) is 0 Å². The van der Waals surface area contributed by atoms with E-state index in [-0.39, 0.29) is 10.8 Å². The number of hydrogen-bond donors (Lipinski definition) is 1. The second kappa shape index (κ2) is 4.43. The summed E-state index contributed by atoms with van der Waals surface area (Å²) in [4.78, 5) is 12.1. The highest BCUT2D eigenvalue weighted by molar-refractivity contribution is 8.01. The second-order valence-electron chi connectivity index (χ2n) is 3.12. The Kier molecular flexibility index (Phi) is 3.16. The van der Waals surface area contributed by atoms with Crippen molar-refractivity contribution in [2.75, 3.05) is 19.5 Å². The van der Waals surface area contributed by atoms with Gasteiger partial charge in [0.25, 0.3) is 0 Å². The van der Waals surface area contributed by atoms with Crippen LogP contribution in [-0.2, 0) is 4.74 Å². The molecule has 0 saturated heterocycles. The number of hydrogen-bond acceptors (Lipinski definition) is 5. The molecular formula is C10H10ClNO3S. The van der Waals surface area contributed by atoms with Gasteiger partial charge in [0.1, 0.15) is 5.75 Å². The number of nitrogens with one attached hydrogen (secondary N) is 1. The number of anilines is 1. The smallest absolute Gasteiger partial charge is 0.338 e. The number of fused-ring (bicyclic) bond motifs is 1. The molecule has 1 unspecified atom stereocenters. The first-order chi connectivity index (χ1) is 7.65. The Morgan fingerprint density at radius 2 is 2.25 bits per heavy atom. The van der Waals surface area contributed by atoms with Crippen molar-refractivity contribution < 1.29 is 14.3 Å². The zero-order valence-corrected chi connectivity index (χ0v) is 10.3. The van der Waals surface area contributed by atoms with Crippen molar-refractivity contribution in [3.63, 3.8) is 0 Å². The van der Waals surface area contributed by atoms with Gasteiger partial charge in [0, 0.05) is 4.90 Å². The lowest BCUT2D eigenvalue weighted by atomic mass is 10.2. The number of methoxy groups -OCH3 is 2. The molecule has 6 heteroatoms. The number of carbonyl (C=O) groups excluding carboxylic acids is 1. The van der Waals surface area contributed by atoms with Crippen LogP contribution >= 0.6 is 23.4 Å². The van der Waals surface area contributed by atoms with Crippen molar-refractivity contribution in [2.45, 2.75) is 9.73 Å². The van der Waals surface area contributed by atoms with E-state index in [1.165, 1.54) is 18.9 Å². The molecule has 0 aliphatic carbocycles. The van der Waals surface area contributed by atoms with Crippen LogP contribution in [0.25, 0.3) is 0 Å².